The Labute approximate surface area is 640 Å². The summed E-state index contributed by atoms with van der Waals surface area (Å²) in [6.45, 7) is 9.61. The van der Waals surface area contributed by atoms with Gasteiger partial charge in [0.1, 0.15) is 77.3 Å². The number of halogens is 2. The number of aromatic nitrogens is 2. The van der Waals surface area contributed by atoms with E-state index in [2.05, 4.69) is 41.9 Å². The van der Waals surface area contributed by atoms with Crippen molar-refractivity contribution >= 4 is 82.3 Å². The summed E-state index contributed by atoms with van der Waals surface area (Å²) in [4.78, 5) is 131. The molecule has 5 aromatic carbocycles. The number of likely N-dealkylation sites (N-methyl/N-ethyl adjacent to an activating group) is 1. The molecular formula is C72H83Cl2N11O24S. The molecule has 38 heteroatoms. The third-order valence-corrected chi connectivity index (χ3v) is 20.4. The van der Waals surface area contributed by atoms with Gasteiger partial charge in [-0.1, -0.05) is 67.0 Å². The number of carbonyl (C=O) groups excluding carboxylic acids is 7. The average molecular weight is 1590 g/mol. The Bertz CT molecular complexity index is 4610. The number of hydrogen-bond acceptors (Lipinski definition) is 27. The van der Waals surface area contributed by atoms with Gasteiger partial charge in [0.25, 0.3) is 5.56 Å². The fourth-order valence-corrected chi connectivity index (χ4v) is 14.4. The summed E-state index contributed by atoms with van der Waals surface area (Å²) in [6, 6.07) is 4.85. The van der Waals surface area contributed by atoms with E-state index in [-0.39, 0.29) is 79.0 Å². The van der Waals surface area contributed by atoms with Gasteiger partial charge in [0.05, 0.1) is 46.7 Å². The molecule has 2 fully saturated rings. The lowest BCUT2D eigenvalue weighted by atomic mass is 9.86. The quantitative estimate of drug-likeness (QED) is 0.0340. The first kappa shape index (κ1) is 82.6. The van der Waals surface area contributed by atoms with Crippen LogP contribution < -0.4 is 68.9 Å². The van der Waals surface area contributed by atoms with E-state index in [9.17, 15) is 79.5 Å². The number of thioether (sulfide) groups is 1. The van der Waals surface area contributed by atoms with Crippen LogP contribution in [0.2, 0.25) is 10.0 Å². The smallest absolute Gasteiger partial charge is 0.330 e. The van der Waals surface area contributed by atoms with Crippen LogP contribution in [0.1, 0.15) is 118 Å². The average Bonchev–Trinajstić information content (AvgIpc) is 0.766. The van der Waals surface area contributed by atoms with Crippen molar-refractivity contribution in [3.63, 3.8) is 0 Å². The number of aliphatic hydroxyl groups is 5. The molecule has 5 aliphatic rings. The molecule has 7 amide bonds. The number of carboxylic acid groups (broad SMARTS) is 1. The molecule has 8 bridgehead atoms. The Balaban J connectivity index is 1.16. The van der Waals surface area contributed by atoms with E-state index in [1.54, 1.807) is 6.92 Å². The number of rotatable bonds is 22. The third kappa shape index (κ3) is 18.6. The molecule has 5 aliphatic heterocycles. The number of fused-ring (bicyclic) bond motifs is 8. The van der Waals surface area contributed by atoms with Gasteiger partial charge in [-0.15, -0.1) is 0 Å². The molecule has 110 heavy (non-hydrogen) atoms. The normalized spacial score (nSPS) is 25.8. The van der Waals surface area contributed by atoms with Crippen LogP contribution in [0.25, 0.3) is 11.1 Å². The fraction of sp³-hybridized carbons (Fsp3) is 0.417. The third-order valence-electron chi connectivity index (χ3n) is 18.9. The SMILES string of the molecule is CN[C@H](CC(C)C)C(=O)N[C@@H](C(=O)N[C@@H](CC(N)=O)C(N)=O)[C@H](O)c1ccc(Oc2cc3cc(c2OC2OC(CSc4nc(C)cc(=O)[nH]4)C(O)C(O)C2OC2CC(C)(N)C(O)C(C)O2)Oc2ccc(cc2Cl)[C@@H](O)C2NC(=O)[C@H](NC(=O)[C@@H]3C)c3ccc(O)c(c3)-c3c(O)cc(O)cc3[C@H](C(=O)O)NC2=O)c(Cl)c1. The molecule has 0 spiro atoms. The summed E-state index contributed by atoms with van der Waals surface area (Å²) in [7, 11) is 1.49. The highest BCUT2D eigenvalue weighted by Crippen LogP contribution is 2.50. The van der Waals surface area contributed by atoms with Crippen LogP contribution in [0.3, 0.4) is 0 Å². The number of nitrogens with two attached hydrogens (primary N) is 3. The Morgan fingerprint density at radius 1 is 0.782 bits per heavy atom. The Hall–Kier alpha value is -9.93. The molecule has 0 saturated carbocycles. The summed E-state index contributed by atoms with van der Waals surface area (Å²) in [6.07, 6.45) is -17.7. The second kappa shape index (κ2) is 34.1. The van der Waals surface area contributed by atoms with Crippen LogP contribution in [-0.2, 0) is 52.6 Å². The first-order chi connectivity index (χ1) is 51.8. The largest absolute Gasteiger partial charge is 0.508 e. The van der Waals surface area contributed by atoms with E-state index < -0.39 is 214 Å². The Morgan fingerprint density at radius 3 is 2.15 bits per heavy atom. The zero-order valence-corrected chi connectivity index (χ0v) is 62.1. The van der Waals surface area contributed by atoms with Gasteiger partial charge in [0, 0.05) is 52.2 Å². The number of aromatic amines is 1. The Kier molecular flexibility index (Phi) is 25.6. The van der Waals surface area contributed by atoms with Crippen molar-refractivity contribution in [3.05, 3.63) is 139 Å². The zero-order valence-electron chi connectivity index (χ0n) is 59.8. The molecule has 6 aromatic rings. The number of aliphatic carboxylic acids is 1. The van der Waals surface area contributed by atoms with Gasteiger partial charge in [-0.3, -0.25) is 38.4 Å². The molecule has 0 aliphatic carbocycles. The number of nitrogens with one attached hydrogen (secondary N) is 7. The number of amides is 7. The number of ether oxygens (including phenoxy) is 6. The maximum absolute atomic E-state index is 15.4. The van der Waals surface area contributed by atoms with Gasteiger partial charge >= 0.3 is 5.97 Å². The monoisotopic (exact) mass is 1590 g/mol. The number of aromatic hydroxyl groups is 3. The van der Waals surface area contributed by atoms with Crippen LogP contribution in [0.4, 0.5) is 0 Å². The maximum atomic E-state index is 15.4. The highest BCUT2D eigenvalue weighted by molar-refractivity contribution is 7.99. The van der Waals surface area contributed by atoms with Crippen LogP contribution in [-0.4, -0.2) is 195 Å². The lowest BCUT2D eigenvalue weighted by Gasteiger charge is -2.47. The van der Waals surface area contributed by atoms with Gasteiger partial charge < -0.3 is 128 Å². The lowest BCUT2D eigenvalue weighted by molar-refractivity contribution is -0.329. The van der Waals surface area contributed by atoms with Crippen molar-refractivity contribution in [1.29, 1.82) is 0 Å². The zero-order chi connectivity index (χ0) is 80.4. The summed E-state index contributed by atoms with van der Waals surface area (Å²) in [5.41, 5.74) is 13.9. The molecule has 0 radical (unpaired) electrons. The van der Waals surface area contributed by atoms with Crippen molar-refractivity contribution in [1.82, 2.24) is 41.9 Å². The minimum absolute atomic E-state index is 0.0699. The van der Waals surface area contributed by atoms with Crippen molar-refractivity contribution < 1.29 is 113 Å². The molecule has 35 nitrogen and oxygen atoms in total. The number of aliphatic hydroxyl groups excluding tert-OH is 5. The van der Waals surface area contributed by atoms with E-state index >= 15 is 9.59 Å². The minimum atomic E-state index is -2.19. The van der Waals surface area contributed by atoms with Crippen LogP contribution >= 0.6 is 35.0 Å². The fourth-order valence-electron chi connectivity index (χ4n) is 13.0. The number of benzene rings is 5. The Morgan fingerprint density at radius 2 is 1.50 bits per heavy atom. The molecule has 1 aromatic heterocycles. The van der Waals surface area contributed by atoms with Crippen LogP contribution in [0, 0.1) is 12.8 Å². The van der Waals surface area contributed by atoms with Crippen LogP contribution in [0.5, 0.6) is 46.0 Å². The van der Waals surface area contributed by atoms with Crippen molar-refractivity contribution in [2.75, 3.05) is 12.8 Å². The molecule has 590 valence electrons. The second-order valence-corrected chi connectivity index (χ2v) is 29.5. The number of phenolic OH excluding ortho intramolecular Hbond substituents is 3. The molecule has 18 atom stereocenters. The highest BCUT2D eigenvalue weighted by Gasteiger charge is 2.52. The van der Waals surface area contributed by atoms with E-state index in [0.29, 0.717) is 5.69 Å². The number of aryl methyl sites for hydroxylation is 1. The van der Waals surface area contributed by atoms with E-state index in [1.807, 2.05) is 13.8 Å². The standard InChI is InChI=1S/C72H83Cl2N11O24S/c1-26(2)14-40(78-7)65(98)84-54(67(100)80-39(63(76)96)23-48(75)89)56(91)31-9-12-43(37(73)17-31)105-45-19-33-20-46(60(45)109-70-61(108-50-24-72(6,77)62(95)29(5)104-50)59(94)58(93)47(107-70)25-110-71-79-27(3)15-49(90)81-71)106-44-13-10-32(18-38(44)74)57(92)55-68(101)83-53(69(102)103)36-21-34(86)22-42(88)51(36)35-16-30(8-11-41(35)87)52(66(99)85-55)82-64(97)28(33)4/h8-13,15-22,26,28-29,39-40,47,50,52-59,61-62,70,78,86-88,91-95H,14,23-25,77H2,1-7H3,(H2,75,89)(H2,76,96)(H,80,100)(H,82,97)(H,83,101)(H,84,98)(H,85,99)(H,102,103)(H,79,81,90)/t28-,29?,39+,40-,47?,50?,52-,53-,54-,55?,56-,57-,58?,59?,61?,62?,70?,72?/m1/s1. The van der Waals surface area contributed by atoms with Gasteiger partial charge in [-0.25, -0.2) is 9.78 Å². The van der Waals surface area contributed by atoms with Crippen LogP contribution in [0.15, 0.2) is 94.9 Å². The number of phenols is 3. The molecule has 10 unspecified atom stereocenters. The molecule has 2 saturated heterocycles. The maximum Gasteiger partial charge on any atom is 0.330 e. The predicted molar refractivity (Wildman–Crippen MR) is 389 cm³/mol. The predicted octanol–water partition coefficient (Wildman–Crippen LogP) is 1.72. The van der Waals surface area contributed by atoms with Crippen molar-refractivity contribution in [3.8, 4) is 57.1 Å². The molecule has 6 heterocycles. The summed E-state index contributed by atoms with van der Waals surface area (Å²) < 4.78 is 39.4. The van der Waals surface area contributed by atoms with E-state index in [4.69, 9.17) is 68.8 Å². The van der Waals surface area contributed by atoms with E-state index in [0.717, 1.165) is 48.2 Å². The topological polar surface area (TPSA) is 570 Å². The van der Waals surface area contributed by atoms with Crippen molar-refractivity contribution in [2.24, 2.45) is 23.1 Å². The number of hydrogen-bond donors (Lipinski definition) is 19. The van der Waals surface area contributed by atoms with Gasteiger partial charge in [-0.2, -0.15) is 0 Å². The van der Waals surface area contributed by atoms with E-state index in [1.165, 1.54) is 76.3 Å². The summed E-state index contributed by atoms with van der Waals surface area (Å²) in [5.74, 6) is -15.8. The number of carboxylic acids is 1. The first-order valence-electron chi connectivity index (χ1n) is 34.4. The minimum Gasteiger partial charge on any atom is -0.508 e. The number of carbonyl (C=O) groups is 8. The van der Waals surface area contributed by atoms with Gasteiger partial charge in [0.2, 0.25) is 53.4 Å². The first-order valence-corrected chi connectivity index (χ1v) is 36.1. The second-order valence-electron chi connectivity index (χ2n) is 27.7. The van der Waals surface area contributed by atoms with Gasteiger partial charge in [-0.05, 0) is 124 Å². The molecular weight excluding hydrogens is 1510 g/mol. The summed E-state index contributed by atoms with van der Waals surface area (Å²) >= 11 is 15.2. The molecule has 22 N–H and O–H groups in total. The lowest BCUT2D eigenvalue weighted by Crippen LogP contribution is -2.64. The number of nitrogens with zero attached hydrogens (tertiary/aromatic N) is 1. The van der Waals surface area contributed by atoms with Crippen molar-refractivity contribution in [2.45, 2.75) is 175 Å². The van der Waals surface area contributed by atoms with Gasteiger partial charge in [0.15, 0.2) is 35.1 Å². The number of H-pyrrole nitrogens is 1. The number of primary amides is 2. The summed E-state index contributed by atoms with van der Waals surface area (Å²) in [5, 5.41) is 119. The highest BCUT2D eigenvalue weighted by atomic mass is 35.5. The molecule has 11 rings (SSSR count).